The fraction of sp³-hybridized carbons (Fsp3) is 0.333. The van der Waals surface area contributed by atoms with Gasteiger partial charge in [-0.25, -0.2) is 0 Å². The molecular weight excluding hydrogens is 253 g/mol. The van der Waals surface area contributed by atoms with Crippen LogP contribution in [-0.2, 0) is 12.3 Å². The van der Waals surface area contributed by atoms with E-state index in [1.807, 2.05) is 6.08 Å². The molecule has 0 aliphatic heterocycles. The Labute approximate surface area is 82.8 Å². The van der Waals surface area contributed by atoms with Crippen LogP contribution in [0.2, 0.25) is 5.28 Å². The maximum absolute atomic E-state index is 5.01. The number of rotatable bonds is 1. The van der Waals surface area contributed by atoms with Gasteiger partial charge >= 0.3 is 49.6 Å². The van der Waals surface area contributed by atoms with E-state index in [0.29, 0.717) is 0 Å². The molecule has 0 radical (unpaired) electrons. The fourth-order valence-electron chi connectivity index (χ4n) is 0. The van der Waals surface area contributed by atoms with Gasteiger partial charge in [0, 0.05) is 0 Å². The molecule has 54 valence electrons. The van der Waals surface area contributed by atoms with Gasteiger partial charge in [0.05, 0.1) is 0 Å². The average Bonchev–Trinajstić information content (AvgIpc) is 1.61. The molecule has 6 heteroatoms. The van der Waals surface area contributed by atoms with E-state index < -0.39 is 12.3 Å². The molecule has 0 rings (SSSR count). The first-order chi connectivity index (χ1) is 3.91. The molecule has 0 unspecified atom stereocenters. The van der Waals surface area contributed by atoms with Gasteiger partial charge in [0.1, 0.15) is 0 Å². The van der Waals surface area contributed by atoms with Gasteiger partial charge in [0.25, 0.3) is 0 Å². The molecule has 0 aromatic rings. The summed E-state index contributed by atoms with van der Waals surface area (Å²) in [6.45, 7) is 3.51. The summed E-state index contributed by atoms with van der Waals surface area (Å²) in [5.41, 5.74) is 0. The van der Waals surface area contributed by atoms with Gasteiger partial charge < -0.3 is 0 Å². The molecule has 9 heavy (non-hydrogen) atoms. The Morgan fingerprint density at radius 3 is 1.44 bits per heavy atom. The van der Waals surface area contributed by atoms with Crippen LogP contribution in [0.4, 0.5) is 0 Å². The zero-order valence-electron chi connectivity index (χ0n) is 5.00. The second-order valence-corrected chi connectivity index (χ2v) is 17.4. The van der Waals surface area contributed by atoms with E-state index in [-0.39, 0.29) is 0 Å². The fourth-order valence-corrected chi connectivity index (χ4v) is 0. The van der Waals surface area contributed by atoms with Gasteiger partial charge in [-0.3, -0.25) is 0 Å². The molecule has 0 saturated carbocycles. The van der Waals surface area contributed by atoms with Crippen LogP contribution in [0.3, 0.4) is 0 Å². The second-order valence-electron chi connectivity index (χ2n) is 1.13. The first-order valence-corrected chi connectivity index (χ1v) is 12.3. The number of hydrogen-bond donors (Lipinski definition) is 0. The predicted octanol–water partition coefficient (Wildman–Crippen LogP) is 2.98. The maximum atomic E-state index is 5.01. The van der Waals surface area contributed by atoms with E-state index in [9.17, 15) is 0 Å². The van der Waals surface area contributed by atoms with E-state index in [1.165, 1.54) is 21.6 Å². The number of allylic oxidation sites excluding steroid dienone is 1. The molecule has 0 atom stereocenters. The Morgan fingerprint density at radius 2 is 1.44 bits per heavy atom. The first-order valence-electron chi connectivity index (χ1n) is 2.28. The van der Waals surface area contributed by atoms with Crippen molar-refractivity contribution in [1.29, 1.82) is 0 Å². The van der Waals surface area contributed by atoms with Crippen LogP contribution >= 0.6 is 37.2 Å². The Hall–Kier alpha value is 2.15. The monoisotopic (exact) mass is 258 g/mol. The third-order valence-corrected chi connectivity index (χ3v) is 0.866. The zero-order chi connectivity index (χ0) is 7.91. The van der Waals surface area contributed by atoms with Crippen LogP contribution in [0.15, 0.2) is 12.7 Å². The summed E-state index contributed by atoms with van der Waals surface area (Å²) < 4.78 is 0. The molecule has 0 amide bonds. The van der Waals surface area contributed by atoms with Gasteiger partial charge in [-0.2, -0.15) is 0 Å². The molecular formula is C3H7AlCl4Ti. The molecule has 0 N–H and O–H groups in total. The first kappa shape index (κ1) is 13.7. The second kappa shape index (κ2) is 8.25. The summed E-state index contributed by atoms with van der Waals surface area (Å²) in [5, 5.41) is 1.22. The van der Waals surface area contributed by atoms with Crippen molar-refractivity contribution in [3.05, 3.63) is 12.7 Å². The third-order valence-electron chi connectivity index (χ3n) is 0.289. The Morgan fingerprint density at radius 1 is 1.33 bits per heavy atom. The number of halogens is 4. The normalized spacial score (nSPS) is 9.33. The van der Waals surface area contributed by atoms with Crippen molar-refractivity contribution in [3.8, 4) is 0 Å². The summed E-state index contributed by atoms with van der Waals surface area (Å²) in [7, 11) is 20.1. The Bertz CT molecular complexity index is 64.7. The standard InChI is InChI=1S/C3H5.Al.4ClH.Ti.2H/c1-3-2;;;;;;;;/h3H,1-2H2;;4*1H;;;/q;;;;;;+4;;/p-4. The topological polar surface area (TPSA) is 0 Å². The predicted molar refractivity (Wildman–Crippen MR) is 47.0 cm³/mol. The van der Waals surface area contributed by atoms with Gasteiger partial charge in [0.15, 0.2) is 0 Å². The zero-order valence-corrected chi connectivity index (χ0v) is 11.6. The van der Waals surface area contributed by atoms with Crippen LogP contribution in [0.1, 0.15) is 0 Å². The van der Waals surface area contributed by atoms with Crippen molar-refractivity contribution >= 4 is 53.5 Å². The molecule has 0 spiro atoms. The van der Waals surface area contributed by atoms with Gasteiger partial charge in [-0.05, 0) is 0 Å². The molecule has 0 nitrogen and oxygen atoms in total. The Balaban J connectivity index is 0. The molecule has 0 aliphatic carbocycles. The van der Waals surface area contributed by atoms with Crippen LogP contribution in [0, 0.1) is 0 Å². The van der Waals surface area contributed by atoms with Crippen LogP contribution < -0.4 is 0 Å². The van der Waals surface area contributed by atoms with Crippen molar-refractivity contribution in [2.75, 3.05) is 0 Å². The third kappa shape index (κ3) is 68.0. The summed E-state index contributed by atoms with van der Waals surface area (Å²) in [6.07, 6.45) is 1.94. The van der Waals surface area contributed by atoms with Crippen LogP contribution in [-0.4, -0.2) is 16.3 Å². The summed E-state index contributed by atoms with van der Waals surface area (Å²) in [4.78, 5) is 0. The van der Waals surface area contributed by atoms with E-state index >= 15 is 0 Å². The van der Waals surface area contributed by atoms with Crippen molar-refractivity contribution in [1.82, 2.24) is 0 Å². The summed E-state index contributed by atoms with van der Waals surface area (Å²) >= 11 is -1.84. The molecule has 0 heterocycles. The number of hydrogen-bond acceptors (Lipinski definition) is 0. The van der Waals surface area contributed by atoms with Crippen molar-refractivity contribution in [2.45, 2.75) is 5.28 Å². The van der Waals surface area contributed by atoms with Crippen molar-refractivity contribution in [3.63, 3.8) is 0 Å². The molecule has 0 fully saturated rings. The minimum absolute atomic E-state index is 1.22. The Kier molecular flexibility index (Phi) is 12.6. The minimum atomic E-state index is -3.11. The summed E-state index contributed by atoms with van der Waals surface area (Å²) in [5.74, 6) is 0. The van der Waals surface area contributed by atoms with Gasteiger partial charge in [-0.15, -0.1) is 12.7 Å². The molecule has 0 aromatic carbocycles. The average molecular weight is 260 g/mol. The van der Waals surface area contributed by atoms with Gasteiger partial charge in [0.2, 0.25) is 16.3 Å². The van der Waals surface area contributed by atoms with E-state index in [2.05, 4.69) is 6.58 Å². The van der Waals surface area contributed by atoms with E-state index in [1.54, 1.807) is 0 Å². The van der Waals surface area contributed by atoms with E-state index in [4.69, 9.17) is 37.2 Å². The quantitative estimate of drug-likeness (QED) is 0.502. The SMILES string of the molecule is C=C[CH2][AlH2].[Cl][Ti]([Cl])([Cl])[Cl]. The van der Waals surface area contributed by atoms with Crippen LogP contribution in [0.5, 0.6) is 0 Å². The molecule has 0 aliphatic rings. The molecule has 0 saturated heterocycles. The van der Waals surface area contributed by atoms with Crippen LogP contribution in [0.25, 0.3) is 0 Å². The van der Waals surface area contributed by atoms with Gasteiger partial charge in [-0.1, -0.05) is 5.28 Å². The molecule has 0 aromatic heterocycles. The molecule has 0 bridgehead atoms. The van der Waals surface area contributed by atoms with Crippen molar-refractivity contribution in [2.24, 2.45) is 0 Å². The van der Waals surface area contributed by atoms with Crippen molar-refractivity contribution < 1.29 is 12.3 Å². The summed E-state index contributed by atoms with van der Waals surface area (Å²) in [6, 6.07) is 0. The van der Waals surface area contributed by atoms with E-state index in [0.717, 1.165) is 0 Å².